The quantitative estimate of drug-likeness (QED) is 0.814. The van der Waals surface area contributed by atoms with Crippen LogP contribution in [0.2, 0.25) is 0 Å². The molecule has 1 aromatic carbocycles. The molecule has 134 valence electrons. The Balaban J connectivity index is 1.51. The van der Waals surface area contributed by atoms with E-state index >= 15 is 0 Å². The third-order valence-electron chi connectivity index (χ3n) is 5.20. The molecule has 2 N–H and O–H groups in total. The fourth-order valence-corrected chi connectivity index (χ4v) is 3.60. The van der Waals surface area contributed by atoms with Crippen molar-refractivity contribution in [2.75, 3.05) is 13.1 Å². The van der Waals surface area contributed by atoms with Crippen molar-refractivity contribution < 1.29 is 4.79 Å². The summed E-state index contributed by atoms with van der Waals surface area (Å²) in [7, 11) is 0. The molecule has 0 aliphatic carbocycles. The zero-order chi connectivity index (χ0) is 17.5. The highest BCUT2D eigenvalue weighted by molar-refractivity contribution is 5.76. The van der Waals surface area contributed by atoms with Gasteiger partial charge in [-0.05, 0) is 48.9 Å². The molecule has 1 amide bonds. The number of rotatable bonds is 7. The Labute approximate surface area is 149 Å². The lowest BCUT2D eigenvalue weighted by molar-refractivity contribution is -0.122. The van der Waals surface area contributed by atoms with Crippen molar-refractivity contribution in [3.63, 3.8) is 0 Å². The maximum absolute atomic E-state index is 12.4. The van der Waals surface area contributed by atoms with Crippen molar-refractivity contribution in [3.05, 3.63) is 54.1 Å². The standard InChI is InChI=1S/C20H28N4O/c1-16(17-6-8-21-9-7-17)12-20(25)23-13-18-4-2-3-5-19(18)14-24-11-10-22-15-24/h2-5,10-11,15-17,21H,6-9,12-14H2,1H3,(H,23,25). The Hall–Kier alpha value is -2.14. The first kappa shape index (κ1) is 17.7. The van der Waals surface area contributed by atoms with E-state index in [1.165, 1.54) is 24.0 Å². The second-order valence-electron chi connectivity index (χ2n) is 7.05. The summed E-state index contributed by atoms with van der Waals surface area (Å²) in [6, 6.07) is 8.26. The zero-order valence-electron chi connectivity index (χ0n) is 14.9. The number of carbonyl (C=O) groups is 1. The smallest absolute Gasteiger partial charge is 0.220 e. The lowest BCUT2D eigenvalue weighted by atomic mass is 9.84. The van der Waals surface area contributed by atoms with Gasteiger partial charge in [0, 0.05) is 31.9 Å². The van der Waals surface area contributed by atoms with Gasteiger partial charge in [0.25, 0.3) is 0 Å². The van der Waals surface area contributed by atoms with Gasteiger partial charge in [0.2, 0.25) is 5.91 Å². The molecule has 1 fully saturated rings. The number of aromatic nitrogens is 2. The Kier molecular flexibility index (Phi) is 6.23. The average molecular weight is 340 g/mol. The number of amides is 1. The first-order valence-corrected chi connectivity index (χ1v) is 9.22. The van der Waals surface area contributed by atoms with Crippen LogP contribution in [-0.2, 0) is 17.9 Å². The number of imidazole rings is 1. The maximum Gasteiger partial charge on any atom is 0.220 e. The predicted molar refractivity (Wildman–Crippen MR) is 99.0 cm³/mol. The highest BCUT2D eigenvalue weighted by atomic mass is 16.1. The summed E-state index contributed by atoms with van der Waals surface area (Å²) in [6.07, 6.45) is 8.54. The molecule has 0 spiro atoms. The molecule has 1 saturated heterocycles. The van der Waals surface area contributed by atoms with Crippen LogP contribution in [0.5, 0.6) is 0 Å². The van der Waals surface area contributed by atoms with Crippen LogP contribution in [0, 0.1) is 11.8 Å². The molecule has 2 aromatic rings. The first-order valence-electron chi connectivity index (χ1n) is 9.22. The second-order valence-corrected chi connectivity index (χ2v) is 7.05. The summed E-state index contributed by atoms with van der Waals surface area (Å²) in [6.45, 7) is 5.74. The molecule has 5 nitrogen and oxygen atoms in total. The van der Waals surface area contributed by atoms with E-state index in [0.29, 0.717) is 24.8 Å². The molecule has 1 aliphatic heterocycles. The van der Waals surface area contributed by atoms with Crippen LogP contribution in [0.3, 0.4) is 0 Å². The summed E-state index contributed by atoms with van der Waals surface area (Å²) in [5, 5.41) is 6.50. The Morgan fingerprint density at radius 3 is 2.80 bits per heavy atom. The van der Waals surface area contributed by atoms with Crippen molar-refractivity contribution >= 4 is 5.91 Å². The Morgan fingerprint density at radius 1 is 1.32 bits per heavy atom. The number of piperidine rings is 1. The lowest BCUT2D eigenvalue weighted by Gasteiger charge is -2.27. The number of hydrogen-bond acceptors (Lipinski definition) is 3. The number of hydrogen-bond donors (Lipinski definition) is 2. The van der Waals surface area contributed by atoms with Crippen molar-refractivity contribution in [1.82, 2.24) is 20.2 Å². The largest absolute Gasteiger partial charge is 0.352 e. The fraction of sp³-hybridized carbons (Fsp3) is 0.500. The summed E-state index contributed by atoms with van der Waals surface area (Å²) < 4.78 is 2.04. The number of nitrogens with one attached hydrogen (secondary N) is 2. The molecule has 3 rings (SSSR count). The van der Waals surface area contributed by atoms with Crippen LogP contribution in [0.25, 0.3) is 0 Å². The van der Waals surface area contributed by atoms with Gasteiger partial charge in [-0.1, -0.05) is 31.2 Å². The fourth-order valence-electron chi connectivity index (χ4n) is 3.60. The third kappa shape index (κ3) is 5.16. The van der Waals surface area contributed by atoms with Gasteiger partial charge in [-0.3, -0.25) is 4.79 Å². The van der Waals surface area contributed by atoms with Crippen LogP contribution in [0.15, 0.2) is 43.0 Å². The third-order valence-corrected chi connectivity index (χ3v) is 5.20. The number of benzene rings is 1. The van der Waals surface area contributed by atoms with E-state index in [9.17, 15) is 4.79 Å². The predicted octanol–water partition coefficient (Wildman–Crippen LogP) is 2.57. The molecule has 1 unspecified atom stereocenters. The topological polar surface area (TPSA) is 59.0 Å². The van der Waals surface area contributed by atoms with Crippen molar-refractivity contribution in [3.8, 4) is 0 Å². The van der Waals surface area contributed by atoms with Crippen LogP contribution < -0.4 is 10.6 Å². The number of carbonyl (C=O) groups excluding carboxylic acids is 1. The summed E-state index contributed by atoms with van der Waals surface area (Å²) in [5.41, 5.74) is 2.38. The summed E-state index contributed by atoms with van der Waals surface area (Å²) in [4.78, 5) is 16.4. The summed E-state index contributed by atoms with van der Waals surface area (Å²) in [5.74, 6) is 1.27. The van der Waals surface area contributed by atoms with Crippen LogP contribution >= 0.6 is 0 Å². The minimum absolute atomic E-state index is 0.156. The van der Waals surface area contributed by atoms with E-state index < -0.39 is 0 Å². The molecule has 0 saturated carbocycles. The van der Waals surface area contributed by atoms with E-state index in [4.69, 9.17) is 0 Å². The molecule has 1 aliphatic rings. The van der Waals surface area contributed by atoms with Gasteiger partial charge in [0.15, 0.2) is 0 Å². The van der Waals surface area contributed by atoms with Gasteiger partial charge < -0.3 is 15.2 Å². The monoisotopic (exact) mass is 340 g/mol. The van der Waals surface area contributed by atoms with Gasteiger partial charge in [-0.25, -0.2) is 4.98 Å². The SMILES string of the molecule is CC(CC(=O)NCc1ccccc1Cn1ccnc1)C1CCNCC1. The highest BCUT2D eigenvalue weighted by Gasteiger charge is 2.21. The molecular weight excluding hydrogens is 312 g/mol. The molecule has 25 heavy (non-hydrogen) atoms. The van der Waals surface area contributed by atoms with Gasteiger partial charge in [0.05, 0.1) is 6.33 Å². The normalized spacial score (nSPS) is 16.5. The second kappa shape index (κ2) is 8.81. The Bertz CT molecular complexity index is 662. The van der Waals surface area contributed by atoms with E-state index in [1.807, 2.05) is 29.2 Å². The molecule has 1 atom stereocenters. The lowest BCUT2D eigenvalue weighted by Crippen LogP contribution is -2.33. The first-order chi connectivity index (χ1) is 12.2. The van der Waals surface area contributed by atoms with Gasteiger partial charge >= 0.3 is 0 Å². The average Bonchev–Trinajstić information content (AvgIpc) is 3.15. The van der Waals surface area contributed by atoms with Gasteiger partial charge in [-0.15, -0.1) is 0 Å². The van der Waals surface area contributed by atoms with Crippen LogP contribution in [0.1, 0.15) is 37.3 Å². The van der Waals surface area contributed by atoms with E-state index in [-0.39, 0.29) is 5.91 Å². The van der Waals surface area contributed by atoms with Gasteiger partial charge in [-0.2, -0.15) is 0 Å². The van der Waals surface area contributed by atoms with Crippen molar-refractivity contribution in [2.45, 2.75) is 39.3 Å². The van der Waals surface area contributed by atoms with E-state index in [0.717, 1.165) is 19.6 Å². The summed E-state index contributed by atoms with van der Waals surface area (Å²) >= 11 is 0. The van der Waals surface area contributed by atoms with Crippen molar-refractivity contribution in [2.24, 2.45) is 11.8 Å². The van der Waals surface area contributed by atoms with E-state index in [1.54, 1.807) is 6.20 Å². The minimum Gasteiger partial charge on any atom is -0.352 e. The molecule has 0 bridgehead atoms. The number of nitrogens with zero attached hydrogens (tertiary/aromatic N) is 2. The molecular formula is C20H28N4O. The van der Waals surface area contributed by atoms with Crippen molar-refractivity contribution in [1.29, 1.82) is 0 Å². The zero-order valence-corrected chi connectivity index (χ0v) is 14.9. The molecule has 2 heterocycles. The minimum atomic E-state index is 0.156. The van der Waals surface area contributed by atoms with Crippen LogP contribution in [-0.4, -0.2) is 28.5 Å². The molecule has 1 aromatic heterocycles. The van der Waals surface area contributed by atoms with Gasteiger partial charge in [0.1, 0.15) is 0 Å². The molecule has 5 heteroatoms. The highest BCUT2D eigenvalue weighted by Crippen LogP contribution is 2.24. The van der Waals surface area contributed by atoms with Crippen LogP contribution in [0.4, 0.5) is 0 Å². The Morgan fingerprint density at radius 2 is 2.08 bits per heavy atom. The van der Waals surface area contributed by atoms with E-state index in [2.05, 4.69) is 34.7 Å². The molecule has 0 radical (unpaired) electrons. The maximum atomic E-state index is 12.4.